The molecule has 0 aliphatic heterocycles. The van der Waals surface area contributed by atoms with Gasteiger partial charge in [-0.3, -0.25) is 0 Å². The van der Waals surface area contributed by atoms with Gasteiger partial charge in [-0.05, 0) is 23.1 Å². The number of thiazole rings is 1. The van der Waals surface area contributed by atoms with Crippen molar-refractivity contribution < 1.29 is 0 Å². The monoisotopic (exact) mass is 257 g/mol. The van der Waals surface area contributed by atoms with Crippen LogP contribution in [0, 0.1) is 11.3 Å². The maximum atomic E-state index is 8.92. The second-order valence-corrected chi connectivity index (χ2v) is 5.95. The Kier molecular flexibility index (Phi) is 3.35. The Labute approximate surface area is 111 Å². The molecule has 0 saturated carbocycles. The van der Waals surface area contributed by atoms with Crippen LogP contribution in [0.4, 0.5) is 11.5 Å². The van der Waals surface area contributed by atoms with E-state index < -0.39 is 0 Å². The summed E-state index contributed by atoms with van der Waals surface area (Å²) in [5, 5.41) is 12.1. The van der Waals surface area contributed by atoms with Crippen LogP contribution in [0.5, 0.6) is 0 Å². The van der Waals surface area contributed by atoms with Crippen LogP contribution < -0.4 is 5.32 Å². The first-order chi connectivity index (χ1) is 8.50. The molecule has 92 valence electrons. The first kappa shape index (κ1) is 12.6. The van der Waals surface area contributed by atoms with E-state index in [4.69, 9.17) is 5.26 Å². The van der Waals surface area contributed by atoms with Crippen molar-refractivity contribution in [1.82, 2.24) is 4.98 Å². The van der Waals surface area contributed by atoms with Crippen molar-refractivity contribution in [3.63, 3.8) is 0 Å². The van der Waals surface area contributed by atoms with Gasteiger partial charge in [0.1, 0.15) is 10.9 Å². The van der Waals surface area contributed by atoms with Crippen molar-refractivity contribution in [2.75, 3.05) is 5.32 Å². The van der Waals surface area contributed by atoms with Crippen molar-refractivity contribution in [2.45, 2.75) is 26.2 Å². The summed E-state index contributed by atoms with van der Waals surface area (Å²) in [7, 11) is 0. The molecule has 0 amide bonds. The first-order valence-corrected chi connectivity index (χ1v) is 6.60. The summed E-state index contributed by atoms with van der Waals surface area (Å²) < 4.78 is 0. The van der Waals surface area contributed by atoms with E-state index >= 15 is 0 Å². The standard InChI is InChI=1S/C14H15N3S/c1-14(2,3)10-4-6-11(7-5-10)17-13-12(8-15)18-9-16-13/h4-7,9,17H,1-3H3. The largest absolute Gasteiger partial charge is 0.338 e. The molecular formula is C14H15N3S. The van der Waals surface area contributed by atoms with Crippen LogP contribution in [0.15, 0.2) is 29.8 Å². The minimum absolute atomic E-state index is 0.150. The summed E-state index contributed by atoms with van der Waals surface area (Å²) in [6, 6.07) is 10.4. The number of nitriles is 1. The van der Waals surface area contributed by atoms with Gasteiger partial charge in [-0.2, -0.15) is 5.26 Å². The van der Waals surface area contributed by atoms with Gasteiger partial charge in [0, 0.05) is 5.69 Å². The second-order valence-electron chi connectivity index (χ2n) is 5.09. The average molecular weight is 257 g/mol. The van der Waals surface area contributed by atoms with Gasteiger partial charge in [0.2, 0.25) is 0 Å². The van der Waals surface area contributed by atoms with Crippen molar-refractivity contribution in [3.05, 3.63) is 40.2 Å². The second kappa shape index (κ2) is 4.79. The predicted molar refractivity (Wildman–Crippen MR) is 75.3 cm³/mol. The van der Waals surface area contributed by atoms with Crippen molar-refractivity contribution in [3.8, 4) is 6.07 Å². The molecule has 0 aliphatic carbocycles. The average Bonchev–Trinajstić information content (AvgIpc) is 2.76. The van der Waals surface area contributed by atoms with Crippen LogP contribution >= 0.6 is 11.3 Å². The molecule has 3 nitrogen and oxygen atoms in total. The molecule has 18 heavy (non-hydrogen) atoms. The highest BCUT2D eigenvalue weighted by atomic mass is 32.1. The Hall–Kier alpha value is -1.86. The highest BCUT2D eigenvalue weighted by molar-refractivity contribution is 7.10. The maximum Gasteiger partial charge on any atom is 0.159 e. The van der Waals surface area contributed by atoms with E-state index in [2.05, 4.69) is 49.3 Å². The number of rotatable bonds is 2. The first-order valence-electron chi connectivity index (χ1n) is 5.72. The molecule has 0 saturated heterocycles. The fourth-order valence-electron chi connectivity index (χ4n) is 1.60. The zero-order chi connectivity index (χ0) is 13.2. The molecule has 1 N–H and O–H groups in total. The minimum atomic E-state index is 0.150. The van der Waals surface area contributed by atoms with Crippen LogP contribution in [0.2, 0.25) is 0 Å². The molecule has 0 aliphatic rings. The molecular weight excluding hydrogens is 242 g/mol. The van der Waals surface area contributed by atoms with E-state index in [1.165, 1.54) is 16.9 Å². The van der Waals surface area contributed by atoms with Gasteiger partial charge in [0.25, 0.3) is 0 Å². The molecule has 0 spiro atoms. The van der Waals surface area contributed by atoms with Gasteiger partial charge >= 0.3 is 0 Å². The van der Waals surface area contributed by atoms with E-state index in [0.717, 1.165) is 5.69 Å². The molecule has 1 heterocycles. The van der Waals surface area contributed by atoms with Crippen LogP contribution in [0.1, 0.15) is 31.2 Å². The minimum Gasteiger partial charge on any atom is -0.338 e. The number of nitrogens with zero attached hydrogens (tertiary/aromatic N) is 2. The molecule has 0 radical (unpaired) electrons. The molecule has 2 rings (SSSR count). The van der Waals surface area contributed by atoms with E-state index in [1.807, 2.05) is 12.1 Å². The summed E-state index contributed by atoms with van der Waals surface area (Å²) in [5.41, 5.74) is 4.05. The number of hydrogen-bond acceptors (Lipinski definition) is 4. The van der Waals surface area contributed by atoms with E-state index in [1.54, 1.807) is 5.51 Å². The van der Waals surface area contributed by atoms with Gasteiger partial charge < -0.3 is 5.32 Å². The summed E-state index contributed by atoms with van der Waals surface area (Å²) in [6.07, 6.45) is 0. The molecule has 0 unspecified atom stereocenters. The zero-order valence-electron chi connectivity index (χ0n) is 10.7. The van der Waals surface area contributed by atoms with Crippen molar-refractivity contribution in [1.29, 1.82) is 5.26 Å². The molecule has 4 heteroatoms. The zero-order valence-corrected chi connectivity index (χ0v) is 11.5. The fourth-order valence-corrected chi connectivity index (χ4v) is 2.14. The van der Waals surface area contributed by atoms with Crippen LogP contribution in [-0.4, -0.2) is 4.98 Å². The predicted octanol–water partition coefficient (Wildman–Crippen LogP) is 4.06. The molecule has 1 aromatic heterocycles. The van der Waals surface area contributed by atoms with E-state index in [9.17, 15) is 0 Å². The van der Waals surface area contributed by atoms with Crippen molar-refractivity contribution >= 4 is 22.8 Å². The third-order valence-corrected chi connectivity index (χ3v) is 3.41. The van der Waals surface area contributed by atoms with E-state index in [-0.39, 0.29) is 5.41 Å². The lowest BCUT2D eigenvalue weighted by Crippen LogP contribution is -2.10. The Morgan fingerprint density at radius 1 is 1.22 bits per heavy atom. The lowest BCUT2D eigenvalue weighted by atomic mass is 9.87. The van der Waals surface area contributed by atoms with Gasteiger partial charge in [0.15, 0.2) is 5.82 Å². The Morgan fingerprint density at radius 2 is 1.89 bits per heavy atom. The molecule has 1 aromatic carbocycles. The van der Waals surface area contributed by atoms with Gasteiger partial charge in [-0.1, -0.05) is 32.9 Å². The quantitative estimate of drug-likeness (QED) is 0.882. The normalized spacial score (nSPS) is 11.0. The van der Waals surface area contributed by atoms with Gasteiger partial charge in [-0.15, -0.1) is 11.3 Å². The lowest BCUT2D eigenvalue weighted by molar-refractivity contribution is 0.590. The lowest BCUT2D eigenvalue weighted by Gasteiger charge is -2.19. The molecule has 2 aromatic rings. The topological polar surface area (TPSA) is 48.7 Å². The van der Waals surface area contributed by atoms with Crippen LogP contribution in [0.3, 0.4) is 0 Å². The number of benzene rings is 1. The molecule has 0 fully saturated rings. The van der Waals surface area contributed by atoms with Crippen molar-refractivity contribution in [2.24, 2.45) is 0 Å². The number of aromatic nitrogens is 1. The number of nitrogens with one attached hydrogen (secondary N) is 1. The molecule has 0 atom stereocenters. The third kappa shape index (κ3) is 2.69. The Balaban J connectivity index is 2.19. The maximum absolute atomic E-state index is 8.92. The third-order valence-electron chi connectivity index (χ3n) is 2.68. The highest BCUT2D eigenvalue weighted by Gasteiger charge is 2.13. The number of anilines is 2. The summed E-state index contributed by atoms with van der Waals surface area (Å²) in [5.74, 6) is 0.631. The Bertz CT molecular complexity index is 570. The smallest absolute Gasteiger partial charge is 0.159 e. The SMILES string of the molecule is CC(C)(C)c1ccc(Nc2ncsc2C#N)cc1. The van der Waals surface area contributed by atoms with Crippen LogP contribution in [0.25, 0.3) is 0 Å². The number of hydrogen-bond donors (Lipinski definition) is 1. The summed E-state index contributed by atoms with van der Waals surface area (Å²) in [4.78, 5) is 4.74. The Morgan fingerprint density at radius 3 is 2.44 bits per heavy atom. The summed E-state index contributed by atoms with van der Waals surface area (Å²) in [6.45, 7) is 6.55. The highest BCUT2D eigenvalue weighted by Crippen LogP contribution is 2.26. The van der Waals surface area contributed by atoms with Crippen LogP contribution in [-0.2, 0) is 5.41 Å². The summed E-state index contributed by atoms with van der Waals surface area (Å²) >= 11 is 1.34. The molecule has 0 bridgehead atoms. The van der Waals surface area contributed by atoms with E-state index in [0.29, 0.717) is 10.7 Å². The van der Waals surface area contributed by atoms with Gasteiger partial charge in [-0.25, -0.2) is 4.98 Å². The fraction of sp³-hybridized carbons (Fsp3) is 0.286. The van der Waals surface area contributed by atoms with Gasteiger partial charge in [0.05, 0.1) is 5.51 Å².